The number of rotatable bonds is 8. The maximum absolute atomic E-state index is 13.5. The van der Waals surface area contributed by atoms with E-state index < -0.39 is 29.7 Å². The van der Waals surface area contributed by atoms with Gasteiger partial charge in [-0.05, 0) is 72.9 Å². The molecule has 38 heavy (non-hydrogen) atoms. The van der Waals surface area contributed by atoms with Gasteiger partial charge in [0.1, 0.15) is 11.8 Å². The van der Waals surface area contributed by atoms with Crippen LogP contribution in [-0.4, -0.2) is 54.1 Å². The van der Waals surface area contributed by atoms with Gasteiger partial charge in [0.25, 0.3) is 11.8 Å². The van der Waals surface area contributed by atoms with Crippen molar-refractivity contribution in [3.05, 3.63) is 90.0 Å². The van der Waals surface area contributed by atoms with Crippen molar-refractivity contribution >= 4 is 52.4 Å². The van der Waals surface area contributed by atoms with E-state index in [9.17, 15) is 19.2 Å². The van der Waals surface area contributed by atoms with Crippen molar-refractivity contribution in [1.29, 1.82) is 0 Å². The molecule has 1 heterocycles. The summed E-state index contributed by atoms with van der Waals surface area (Å²) in [5, 5.41) is 3.95. The number of thiocarbonyl (C=S) groups is 1. The molecule has 194 valence electrons. The summed E-state index contributed by atoms with van der Waals surface area (Å²) in [6, 6.07) is 20.1. The lowest BCUT2D eigenvalue weighted by Gasteiger charge is -2.24. The third kappa shape index (κ3) is 5.62. The van der Waals surface area contributed by atoms with E-state index in [0.29, 0.717) is 28.3 Å². The number of amides is 3. The van der Waals surface area contributed by atoms with Gasteiger partial charge in [-0.25, -0.2) is 9.80 Å². The van der Waals surface area contributed by atoms with Crippen LogP contribution in [0.25, 0.3) is 0 Å². The predicted molar refractivity (Wildman–Crippen MR) is 144 cm³/mol. The summed E-state index contributed by atoms with van der Waals surface area (Å²) < 4.78 is 9.86. The summed E-state index contributed by atoms with van der Waals surface area (Å²) >= 11 is 5.57. The summed E-state index contributed by atoms with van der Waals surface area (Å²) in [5.74, 6) is -1.37. The Bertz CT molecular complexity index is 1360. The monoisotopic (exact) mass is 532 g/mol. The molecule has 0 radical (unpaired) electrons. The number of hydrogen-bond donors (Lipinski definition) is 2. The highest BCUT2D eigenvalue weighted by Gasteiger charge is 2.45. The lowest BCUT2D eigenvalue weighted by molar-refractivity contribution is -0.124. The molecule has 1 saturated heterocycles. The molecule has 1 unspecified atom stereocenters. The van der Waals surface area contributed by atoms with Crippen LogP contribution in [0, 0.1) is 0 Å². The number of carbonyl (C=O) groups is 4. The average Bonchev–Trinajstić information content (AvgIpc) is 3.17. The first kappa shape index (κ1) is 26.3. The van der Waals surface area contributed by atoms with Gasteiger partial charge in [0, 0.05) is 11.3 Å². The highest BCUT2D eigenvalue weighted by Crippen LogP contribution is 2.28. The van der Waals surface area contributed by atoms with E-state index in [0.717, 1.165) is 0 Å². The molecule has 0 spiro atoms. The number of benzene rings is 3. The zero-order chi connectivity index (χ0) is 27.2. The Morgan fingerprint density at radius 2 is 1.55 bits per heavy atom. The lowest BCUT2D eigenvalue weighted by Crippen LogP contribution is -2.49. The number of anilines is 2. The topological polar surface area (TPSA) is 117 Å². The molecule has 1 atom stereocenters. The fraction of sp³-hybridized carbons (Fsp3) is 0.148. The minimum Gasteiger partial charge on any atom is -0.497 e. The van der Waals surface area contributed by atoms with Crippen molar-refractivity contribution in [3.8, 4) is 5.75 Å². The molecular weight excluding hydrogens is 508 g/mol. The van der Waals surface area contributed by atoms with Gasteiger partial charge in [0.15, 0.2) is 0 Å². The quantitative estimate of drug-likeness (QED) is 0.336. The van der Waals surface area contributed by atoms with Crippen LogP contribution in [0.5, 0.6) is 5.75 Å². The maximum Gasteiger partial charge on any atom is 0.337 e. The molecule has 4 rings (SSSR count). The van der Waals surface area contributed by atoms with Crippen molar-refractivity contribution in [2.45, 2.75) is 12.5 Å². The fourth-order valence-electron chi connectivity index (χ4n) is 3.83. The maximum atomic E-state index is 13.5. The highest BCUT2D eigenvalue weighted by atomic mass is 32.1. The first-order valence-electron chi connectivity index (χ1n) is 11.5. The average molecular weight is 533 g/mol. The summed E-state index contributed by atoms with van der Waals surface area (Å²) in [4.78, 5) is 52.3. The van der Waals surface area contributed by atoms with Gasteiger partial charge in [0.05, 0.1) is 31.9 Å². The normalized spacial score (nSPS) is 14.7. The van der Waals surface area contributed by atoms with E-state index in [4.69, 9.17) is 17.0 Å². The molecule has 1 aliphatic rings. The van der Waals surface area contributed by atoms with Gasteiger partial charge in [-0.1, -0.05) is 18.2 Å². The summed E-state index contributed by atoms with van der Waals surface area (Å²) in [7, 11) is 2.80. The molecule has 1 aliphatic heterocycles. The van der Waals surface area contributed by atoms with Gasteiger partial charge in [-0.3, -0.25) is 24.7 Å². The largest absolute Gasteiger partial charge is 0.497 e. The molecule has 3 aromatic rings. The third-order valence-corrected chi connectivity index (χ3v) is 6.15. The number of esters is 1. The van der Waals surface area contributed by atoms with Crippen LogP contribution in [0.2, 0.25) is 0 Å². The van der Waals surface area contributed by atoms with Gasteiger partial charge in [0.2, 0.25) is 11.0 Å². The van der Waals surface area contributed by atoms with Gasteiger partial charge < -0.3 is 14.8 Å². The number of methoxy groups -OCH3 is 2. The predicted octanol–water partition coefficient (Wildman–Crippen LogP) is 3.16. The zero-order valence-corrected chi connectivity index (χ0v) is 21.4. The van der Waals surface area contributed by atoms with Crippen LogP contribution in [-0.2, 0) is 14.3 Å². The highest BCUT2D eigenvalue weighted by molar-refractivity contribution is 7.80. The second kappa shape index (κ2) is 11.5. The van der Waals surface area contributed by atoms with E-state index in [-0.39, 0.29) is 11.5 Å². The van der Waals surface area contributed by atoms with Crippen LogP contribution in [0.4, 0.5) is 11.4 Å². The molecule has 3 aromatic carbocycles. The zero-order valence-electron chi connectivity index (χ0n) is 20.5. The van der Waals surface area contributed by atoms with Crippen molar-refractivity contribution in [2.75, 3.05) is 24.4 Å². The number of nitrogens with one attached hydrogen (secondary N) is 2. The van der Waals surface area contributed by atoms with E-state index in [1.165, 1.54) is 36.3 Å². The fourth-order valence-corrected chi connectivity index (χ4v) is 4.19. The SMILES string of the molecule is COC(=O)c1ccc(NC(=O)CC2C(=O)N(c3ccc(OC)cc3)C(=S)N2NC(=O)c2ccccc2)cc1. The molecule has 1 fully saturated rings. The Balaban J connectivity index is 1.56. The second-order valence-corrected chi connectivity index (χ2v) is 8.53. The first-order valence-corrected chi connectivity index (χ1v) is 11.9. The molecule has 0 aromatic heterocycles. The number of nitrogens with zero attached hydrogens (tertiary/aromatic N) is 2. The summed E-state index contributed by atoms with van der Waals surface area (Å²) in [6.07, 6.45) is -0.306. The molecule has 2 N–H and O–H groups in total. The minimum absolute atomic E-state index is 0.0182. The van der Waals surface area contributed by atoms with Crippen LogP contribution in [0.3, 0.4) is 0 Å². The first-order chi connectivity index (χ1) is 18.3. The Labute approximate surface area is 224 Å². The summed E-state index contributed by atoms with van der Waals surface area (Å²) in [5.41, 5.74) is 4.24. The number of hydrogen-bond acceptors (Lipinski definition) is 7. The Morgan fingerprint density at radius 1 is 0.895 bits per heavy atom. The van der Waals surface area contributed by atoms with Gasteiger partial charge >= 0.3 is 5.97 Å². The smallest absolute Gasteiger partial charge is 0.337 e. The molecule has 0 saturated carbocycles. The van der Waals surface area contributed by atoms with Gasteiger partial charge in [-0.15, -0.1) is 0 Å². The van der Waals surface area contributed by atoms with Crippen LogP contribution in [0.15, 0.2) is 78.9 Å². The number of hydrazine groups is 1. The van der Waals surface area contributed by atoms with Crippen molar-refractivity contribution < 1.29 is 28.7 Å². The Hall–Kier alpha value is -4.77. The lowest BCUT2D eigenvalue weighted by atomic mass is 10.1. The molecule has 10 nitrogen and oxygen atoms in total. The van der Waals surface area contributed by atoms with Crippen LogP contribution < -0.4 is 20.4 Å². The van der Waals surface area contributed by atoms with Crippen molar-refractivity contribution in [2.24, 2.45) is 0 Å². The minimum atomic E-state index is -1.10. The van der Waals surface area contributed by atoms with E-state index >= 15 is 0 Å². The standard InChI is InChI=1S/C27H24N4O6S/c1-36-21-14-12-20(13-15-21)30-25(34)22(31(27(30)38)29-24(33)17-6-4-3-5-7-17)16-23(32)28-19-10-8-18(9-11-19)26(35)37-2/h3-15,22H,16H2,1-2H3,(H,28,32)(H,29,33). The number of ether oxygens (including phenoxy) is 2. The molecular formula is C27H24N4O6S. The van der Waals surface area contributed by atoms with Crippen LogP contribution >= 0.6 is 12.2 Å². The Morgan fingerprint density at radius 3 is 2.16 bits per heavy atom. The molecule has 3 amide bonds. The van der Waals surface area contributed by atoms with E-state index in [1.54, 1.807) is 66.7 Å². The van der Waals surface area contributed by atoms with Gasteiger partial charge in [-0.2, -0.15) is 0 Å². The second-order valence-electron chi connectivity index (χ2n) is 8.17. The van der Waals surface area contributed by atoms with Crippen LogP contribution in [0.1, 0.15) is 27.1 Å². The molecule has 0 aliphatic carbocycles. The molecule has 11 heteroatoms. The van der Waals surface area contributed by atoms with E-state index in [2.05, 4.69) is 15.5 Å². The van der Waals surface area contributed by atoms with Crippen molar-refractivity contribution in [1.82, 2.24) is 10.4 Å². The van der Waals surface area contributed by atoms with Crippen molar-refractivity contribution in [3.63, 3.8) is 0 Å². The van der Waals surface area contributed by atoms with E-state index in [1.807, 2.05) is 0 Å². The number of carbonyl (C=O) groups excluding carboxylic acids is 4. The molecule has 0 bridgehead atoms. The third-order valence-electron chi connectivity index (χ3n) is 5.77. The summed E-state index contributed by atoms with van der Waals surface area (Å²) in [6.45, 7) is 0. The Kier molecular flexibility index (Phi) is 7.97.